The van der Waals surface area contributed by atoms with Gasteiger partial charge in [0, 0.05) is 23.5 Å². The highest BCUT2D eigenvalue weighted by Gasteiger charge is 2.34. The van der Waals surface area contributed by atoms with Gasteiger partial charge in [-0.3, -0.25) is 4.79 Å². The first-order valence-electron chi connectivity index (χ1n) is 7.94. The molecule has 2 aromatic carbocycles. The lowest BCUT2D eigenvalue weighted by Gasteiger charge is -2.17. The summed E-state index contributed by atoms with van der Waals surface area (Å²) in [6.07, 6.45) is 0.450. The molecule has 0 aromatic heterocycles. The Kier molecular flexibility index (Phi) is 5.13. The first-order valence-corrected chi connectivity index (χ1v) is 8.74. The van der Waals surface area contributed by atoms with Crippen molar-refractivity contribution in [3.05, 3.63) is 70.2 Å². The van der Waals surface area contributed by atoms with Crippen LogP contribution in [0.2, 0.25) is 0 Å². The van der Waals surface area contributed by atoms with Gasteiger partial charge < -0.3 is 10.6 Å². The largest absolute Gasteiger partial charge is 0.341 e. The zero-order valence-electron chi connectivity index (χ0n) is 13.0. The Morgan fingerprint density at radius 3 is 2.43 bits per heavy atom. The normalized spacial score (nSPS) is 20.7. The lowest BCUT2D eigenvalue weighted by molar-refractivity contribution is -0.129. The molecule has 1 aliphatic heterocycles. The van der Waals surface area contributed by atoms with Gasteiger partial charge in [-0.05, 0) is 35.7 Å². The minimum absolute atomic E-state index is 0.184. The molecule has 1 saturated heterocycles. The van der Waals surface area contributed by atoms with E-state index in [1.54, 1.807) is 0 Å². The van der Waals surface area contributed by atoms with Crippen molar-refractivity contribution in [3.8, 4) is 0 Å². The summed E-state index contributed by atoms with van der Waals surface area (Å²) >= 11 is 3.42. The van der Waals surface area contributed by atoms with Gasteiger partial charge >= 0.3 is 0 Å². The van der Waals surface area contributed by atoms with Crippen LogP contribution in [0.5, 0.6) is 0 Å². The SMILES string of the molecule is NC[C@@H]1CN(C(=O)Cc2ccc(Br)cc2)C[C@H]1c1ccccc1. The van der Waals surface area contributed by atoms with Gasteiger partial charge in [0.25, 0.3) is 0 Å². The summed E-state index contributed by atoms with van der Waals surface area (Å²) in [4.78, 5) is 14.6. The lowest BCUT2D eigenvalue weighted by atomic mass is 9.89. The standard InChI is InChI=1S/C19H21BrN2O/c20-17-8-6-14(7-9-17)10-19(23)22-12-16(11-21)18(13-22)15-4-2-1-3-5-15/h1-9,16,18H,10-13,21H2/t16-,18+/m1/s1. The van der Waals surface area contributed by atoms with Crippen LogP contribution in [0, 0.1) is 5.92 Å². The fraction of sp³-hybridized carbons (Fsp3) is 0.316. The highest BCUT2D eigenvalue weighted by atomic mass is 79.9. The zero-order chi connectivity index (χ0) is 16.2. The highest BCUT2D eigenvalue weighted by Crippen LogP contribution is 2.32. The number of benzene rings is 2. The minimum Gasteiger partial charge on any atom is -0.341 e. The Hall–Kier alpha value is -1.65. The number of amides is 1. The molecule has 0 saturated carbocycles. The predicted molar refractivity (Wildman–Crippen MR) is 96.2 cm³/mol. The number of hydrogen-bond acceptors (Lipinski definition) is 2. The van der Waals surface area contributed by atoms with Gasteiger partial charge in [0.2, 0.25) is 5.91 Å². The quantitative estimate of drug-likeness (QED) is 0.895. The fourth-order valence-electron chi connectivity index (χ4n) is 3.28. The number of rotatable bonds is 4. The Morgan fingerprint density at radius 1 is 1.09 bits per heavy atom. The molecule has 4 heteroatoms. The van der Waals surface area contributed by atoms with Gasteiger partial charge in [-0.15, -0.1) is 0 Å². The van der Waals surface area contributed by atoms with Crippen molar-refractivity contribution in [2.75, 3.05) is 19.6 Å². The molecule has 3 nitrogen and oxygen atoms in total. The topological polar surface area (TPSA) is 46.3 Å². The number of carbonyl (C=O) groups excluding carboxylic acids is 1. The number of hydrogen-bond donors (Lipinski definition) is 1. The molecule has 120 valence electrons. The van der Waals surface area contributed by atoms with Crippen LogP contribution in [-0.4, -0.2) is 30.4 Å². The second-order valence-corrected chi connectivity index (χ2v) is 7.03. The molecule has 1 aliphatic rings. The maximum atomic E-state index is 12.6. The van der Waals surface area contributed by atoms with E-state index in [1.807, 2.05) is 35.2 Å². The summed E-state index contributed by atoms with van der Waals surface area (Å²) in [5.41, 5.74) is 8.28. The monoisotopic (exact) mass is 372 g/mol. The van der Waals surface area contributed by atoms with E-state index in [2.05, 4.69) is 40.2 Å². The van der Waals surface area contributed by atoms with Crippen LogP contribution >= 0.6 is 15.9 Å². The molecular weight excluding hydrogens is 352 g/mol. The fourth-order valence-corrected chi connectivity index (χ4v) is 3.54. The van der Waals surface area contributed by atoms with E-state index >= 15 is 0 Å². The maximum Gasteiger partial charge on any atom is 0.227 e. The summed E-state index contributed by atoms with van der Waals surface area (Å²) in [7, 11) is 0. The number of likely N-dealkylation sites (tertiary alicyclic amines) is 1. The Balaban J connectivity index is 1.69. The molecule has 0 aliphatic carbocycles. The van der Waals surface area contributed by atoms with Crippen molar-refractivity contribution < 1.29 is 4.79 Å². The van der Waals surface area contributed by atoms with Crippen molar-refractivity contribution in [3.63, 3.8) is 0 Å². The first-order chi connectivity index (χ1) is 11.2. The van der Waals surface area contributed by atoms with Crippen molar-refractivity contribution in [1.82, 2.24) is 4.90 Å². The number of carbonyl (C=O) groups is 1. The average Bonchev–Trinajstić information content (AvgIpc) is 3.02. The van der Waals surface area contributed by atoms with Gasteiger partial charge in [0.1, 0.15) is 0 Å². The second-order valence-electron chi connectivity index (χ2n) is 6.11. The first kappa shape index (κ1) is 16.2. The molecule has 0 radical (unpaired) electrons. The molecule has 0 spiro atoms. The van der Waals surface area contributed by atoms with E-state index in [1.165, 1.54) is 5.56 Å². The highest BCUT2D eigenvalue weighted by molar-refractivity contribution is 9.10. The van der Waals surface area contributed by atoms with Gasteiger partial charge in [-0.25, -0.2) is 0 Å². The molecule has 0 bridgehead atoms. The molecule has 1 heterocycles. The van der Waals surface area contributed by atoms with E-state index in [4.69, 9.17) is 5.73 Å². The van der Waals surface area contributed by atoms with Gasteiger partial charge in [0.15, 0.2) is 0 Å². The summed E-state index contributed by atoms with van der Waals surface area (Å²) in [6, 6.07) is 18.3. The molecule has 2 atom stereocenters. The van der Waals surface area contributed by atoms with Crippen molar-refractivity contribution in [2.24, 2.45) is 11.7 Å². The van der Waals surface area contributed by atoms with Crippen molar-refractivity contribution in [2.45, 2.75) is 12.3 Å². The van der Waals surface area contributed by atoms with Crippen LogP contribution in [0.25, 0.3) is 0 Å². The summed E-state index contributed by atoms with van der Waals surface area (Å²) in [5, 5.41) is 0. The van der Waals surface area contributed by atoms with E-state index < -0.39 is 0 Å². The lowest BCUT2D eigenvalue weighted by Crippen LogP contribution is -2.31. The van der Waals surface area contributed by atoms with E-state index in [-0.39, 0.29) is 5.91 Å². The smallest absolute Gasteiger partial charge is 0.227 e. The average molecular weight is 373 g/mol. The Bertz CT molecular complexity index is 657. The van der Waals surface area contributed by atoms with Crippen LogP contribution in [0.1, 0.15) is 17.0 Å². The molecule has 3 rings (SSSR count). The molecule has 23 heavy (non-hydrogen) atoms. The number of nitrogens with two attached hydrogens (primary N) is 1. The minimum atomic E-state index is 0.184. The van der Waals surface area contributed by atoms with Crippen LogP contribution in [0.15, 0.2) is 59.1 Å². The van der Waals surface area contributed by atoms with E-state index in [9.17, 15) is 4.79 Å². The van der Waals surface area contributed by atoms with Gasteiger partial charge in [-0.2, -0.15) is 0 Å². The summed E-state index contributed by atoms with van der Waals surface area (Å²) < 4.78 is 1.03. The van der Waals surface area contributed by atoms with Crippen molar-refractivity contribution in [1.29, 1.82) is 0 Å². The molecule has 2 aromatic rings. The third-order valence-electron chi connectivity index (χ3n) is 4.59. The van der Waals surface area contributed by atoms with Gasteiger partial charge in [-0.1, -0.05) is 58.4 Å². The summed E-state index contributed by atoms with van der Waals surface area (Å²) in [6.45, 7) is 2.13. The van der Waals surface area contributed by atoms with Crippen molar-refractivity contribution >= 4 is 21.8 Å². The number of halogens is 1. The molecule has 1 fully saturated rings. The van der Waals surface area contributed by atoms with Crippen LogP contribution in [0.3, 0.4) is 0 Å². The van der Waals surface area contributed by atoms with E-state index in [0.717, 1.165) is 23.1 Å². The van der Waals surface area contributed by atoms with Crippen LogP contribution in [0.4, 0.5) is 0 Å². The molecular formula is C19H21BrN2O. The van der Waals surface area contributed by atoms with Crippen LogP contribution in [-0.2, 0) is 11.2 Å². The van der Waals surface area contributed by atoms with Gasteiger partial charge in [0.05, 0.1) is 6.42 Å². The second kappa shape index (κ2) is 7.28. The third-order valence-corrected chi connectivity index (χ3v) is 5.12. The Morgan fingerprint density at radius 2 is 1.78 bits per heavy atom. The number of nitrogens with zero attached hydrogens (tertiary/aromatic N) is 1. The predicted octanol–water partition coefficient (Wildman–Crippen LogP) is 3.19. The third kappa shape index (κ3) is 3.82. The molecule has 2 N–H and O–H groups in total. The maximum absolute atomic E-state index is 12.6. The molecule has 0 unspecified atom stereocenters. The molecule has 1 amide bonds. The zero-order valence-corrected chi connectivity index (χ0v) is 14.6. The summed E-state index contributed by atoms with van der Waals surface area (Å²) in [5.74, 6) is 0.866. The van der Waals surface area contributed by atoms with E-state index in [0.29, 0.717) is 24.8 Å². The van der Waals surface area contributed by atoms with Crippen LogP contribution < -0.4 is 5.73 Å². The Labute approximate surface area is 145 Å².